The van der Waals surface area contributed by atoms with E-state index < -0.39 is 28.2 Å². The third-order valence-electron chi connectivity index (χ3n) is 7.81. The maximum atomic E-state index is 12.9. The van der Waals surface area contributed by atoms with E-state index in [4.69, 9.17) is 9.31 Å². The van der Waals surface area contributed by atoms with Crippen molar-refractivity contribution in [3.8, 4) is 22.3 Å². The zero-order valence-corrected chi connectivity index (χ0v) is 22.6. The quantitative estimate of drug-likeness (QED) is 0.361. The lowest BCUT2D eigenvalue weighted by Gasteiger charge is -2.32. The van der Waals surface area contributed by atoms with Crippen molar-refractivity contribution in [2.24, 2.45) is 7.05 Å². The molecule has 2 aliphatic rings. The highest BCUT2D eigenvalue weighted by Gasteiger charge is 2.52. The molecule has 1 aliphatic heterocycles. The highest BCUT2D eigenvalue weighted by atomic mass is 32.2. The minimum atomic E-state index is -3.20. The summed E-state index contributed by atoms with van der Waals surface area (Å²) < 4.78 is 42.1. The van der Waals surface area contributed by atoms with Crippen LogP contribution < -0.4 is 5.46 Å². The van der Waals surface area contributed by atoms with Crippen LogP contribution in [0.15, 0.2) is 55.1 Å². The summed E-state index contributed by atoms with van der Waals surface area (Å²) >= 11 is 0. The third-order valence-corrected chi connectivity index (χ3v) is 10.0. The van der Waals surface area contributed by atoms with Crippen LogP contribution in [0, 0.1) is 0 Å². The molecule has 0 unspecified atom stereocenters. The largest absolute Gasteiger partial charge is 0.494 e. The van der Waals surface area contributed by atoms with E-state index >= 15 is 0 Å². The van der Waals surface area contributed by atoms with Gasteiger partial charge < -0.3 is 9.31 Å². The average molecular weight is 518 g/mol. The van der Waals surface area contributed by atoms with Gasteiger partial charge in [0.15, 0.2) is 9.84 Å². The molecule has 1 aliphatic carbocycles. The van der Waals surface area contributed by atoms with Crippen molar-refractivity contribution in [2.45, 2.75) is 62.7 Å². The van der Waals surface area contributed by atoms with Gasteiger partial charge in [-0.1, -0.05) is 24.3 Å². The van der Waals surface area contributed by atoms with E-state index in [1.165, 1.54) is 0 Å². The second-order valence-corrected chi connectivity index (χ2v) is 13.5. The van der Waals surface area contributed by atoms with Crippen LogP contribution in [0.1, 0.15) is 46.1 Å². The van der Waals surface area contributed by atoms with Crippen LogP contribution in [-0.4, -0.2) is 51.4 Å². The first-order valence-corrected chi connectivity index (χ1v) is 14.3. The number of benzene rings is 1. The highest BCUT2D eigenvalue weighted by molar-refractivity contribution is 7.91. The molecule has 6 rings (SSSR count). The fourth-order valence-electron chi connectivity index (χ4n) is 4.80. The van der Waals surface area contributed by atoms with Gasteiger partial charge in [-0.2, -0.15) is 10.2 Å². The van der Waals surface area contributed by atoms with E-state index in [0.717, 1.165) is 51.6 Å². The van der Waals surface area contributed by atoms with Crippen LogP contribution in [0.3, 0.4) is 0 Å². The number of nitrogens with zero attached hydrogens (tertiary/aromatic N) is 4. The normalized spacial score (nSPS) is 19.1. The summed E-state index contributed by atoms with van der Waals surface area (Å²) in [6.45, 7) is 8.06. The summed E-state index contributed by atoms with van der Waals surface area (Å²) in [5.74, 6) is 0.00236. The summed E-state index contributed by atoms with van der Waals surface area (Å²) in [4.78, 5) is 0. The van der Waals surface area contributed by atoms with Gasteiger partial charge in [0.25, 0.3) is 0 Å². The zero-order valence-electron chi connectivity index (χ0n) is 21.8. The molecule has 0 bridgehead atoms. The van der Waals surface area contributed by atoms with Gasteiger partial charge in [0, 0.05) is 36.1 Å². The Hall–Kier alpha value is -2.95. The molecule has 0 atom stereocenters. The second kappa shape index (κ2) is 8.28. The van der Waals surface area contributed by atoms with Crippen molar-refractivity contribution in [3.63, 3.8) is 0 Å². The minimum Gasteiger partial charge on any atom is -0.399 e. The summed E-state index contributed by atoms with van der Waals surface area (Å²) in [7, 11) is -1.90. The molecule has 0 N–H and O–H groups in total. The molecule has 3 aromatic heterocycles. The topological polar surface area (TPSA) is 87.7 Å². The monoisotopic (exact) mass is 518 g/mol. The number of aromatic nitrogens is 4. The third kappa shape index (κ3) is 4.41. The maximum absolute atomic E-state index is 12.9. The Morgan fingerprint density at radius 1 is 0.946 bits per heavy atom. The highest BCUT2D eigenvalue weighted by Crippen LogP contribution is 2.37. The lowest BCUT2D eigenvalue weighted by molar-refractivity contribution is 0.00578. The smallest absolute Gasteiger partial charge is 0.399 e. The van der Waals surface area contributed by atoms with Crippen LogP contribution in [0.5, 0.6) is 0 Å². The molecule has 4 heterocycles. The van der Waals surface area contributed by atoms with E-state index in [9.17, 15) is 8.42 Å². The molecule has 10 heteroatoms. The van der Waals surface area contributed by atoms with Crippen molar-refractivity contribution in [2.75, 3.05) is 0 Å². The van der Waals surface area contributed by atoms with Gasteiger partial charge in [0.05, 0.1) is 40.1 Å². The van der Waals surface area contributed by atoms with Gasteiger partial charge in [-0.25, -0.2) is 12.9 Å². The Morgan fingerprint density at radius 2 is 1.68 bits per heavy atom. The molecule has 2 fully saturated rings. The summed E-state index contributed by atoms with van der Waals surface area (Å²) in [5.41, 5.74) is 5.30. The molecule has 8 nitrogen and oxygen atoms in total. The lowest BCUT2D eigenvalue weighted by Crippen LogP contribution is -2.41. The van der Waals surface area contributed by atoms with Gasteiger partial charge in [-0.15, -0.1) is 0 Å². The maximum Gasteiger partial charge on any atom is 0.494 e. The Kier molecular flexibility index (Phi) is 5.46. The van der Waals surface area contributed by atoms with Crippen molar-refractivity contribution in [1.29, 1.82) is 0 Å². The predicted molar refractivity (Wildman–Crippen MR) is 144 cm³/mol. The standard InChI is InChI=1S/C27H31BN4O4S/c1-26(2)27(3,4)36-28(35-26)22-11-18(17-37(33,34)23-7-8-23)10-20(12-22)24-14-30-32-16-19(6-9-25(24)32)21-13-29-31(5)15-21/h6,9-16,23H,7-8,17H2,1-5H3. The van der Waals surface area contributed by atoms with Crippen molar-refractivity contribution < 1.29 is 17.7 Å². The second-order valence-electron chi connectivity index (χ2n) is 11.3. The van der Waals surface area contributed by atoms with Gasteiger partial charge in [0.1, 0.15) is 0 Å². The van der Waals surface area contributed by atoms with E-state index in [1.807, 2.05) is 94.4 Å². The molecular formula is C27H31BN4O4S. The van der Waals surface area contributed by atoms with E-state index in [-0.39, 0.29) is 11.0 Å². The van der Waals surface area contributed by atoms with E-state index in [2.05, 4.69) is 10.2 Å². The summed E-state index contributed by atoms with van der Waals surface area (Å²) in [6.07, 6.45) is 9.09. The predicted octanol–water partition coefficient (Wildman–Crippen LogP) is 3.78. The molecule has 1 aromatic carbocycles. The summed E-state index contributed by atoms with van der Waals surface area (Å²) in [6, 6.07) is 9.99. The Balaban J connectivity index is 1.43. The molecule has 0 amide bonds. The fourth-order valence-corrected chi connectivity index (χ4v) is 6.52. The fraction of sp³-hybridized carbons (Fsp3) is 0.407. The molecule has 1 saturated heterocycles. The van der Waals surface area contributed by atoms with Crippen molar-refractivity contribution in [3.05, 3.63) is 60.7 Å². The van der Waals surface area contributed by atoms with Crippen LogP contribution in [0.25, 0.3) is 27.8 Å². The Bertz CT molecular complexity index is 1600. The van der Waals surface area contributed by atoms with E-state index in [1.54, 1.807) is 4.68 Å². The number of hydrogen-bond donors (Lipinski definition) is 0. The number of hydrogen-bond acceptors (Lipinski definition) is 6. The van der Waals surface area contributed by atoms with Gasteiger partial charge >= 0.3 is 7.12 Å². The lowest BCUT2D eigenvalue weighted by atomic mass is 9.77. The molecular weight excluding hydrogens is 487 g/mol. The van der Waals surface area contributed by atoms with E-state index in [0.29, 0.717) is 0 Å². The number of rotatable bonds is 6. The van der Waals surface area contributed by atoms with Crippen molar-refractivity contribution in [1.82, 2.24) is 19.4 Å². The van der Waals surface area contributed by atoms with Crippen LogP contribution in [-0.2, 0) is 31.9 Å². The average Bonchev–Trinajstić information content (AvgIpc) is 3.41. The SMILES string of the molecule is Cn1cc(-c2ccc3c(-c4cc(CS(=O)(=O)C5CC5)cc(B5OC(C)(C)C(C)(C)O5)c4)cnn3c2)cn1. The van der Waals surface area contributed by atoms with Gasteiger partial charge in [-0.3, -0.25) is 4.68 Å². The number of sulfone groups is 1. The molecule has 192 valence electrons. The number of fused-ring (bicyclic) bond motifs is 1. The molecule has 0 spiro atoms. The van der Waals surface area contributed by atoms with Crippen molar-refractivity contribution >= 4 is 27.9 Å². The first kappa shape index (κ1) is 24.4. The number of pyridine rings is 1. The van der Waals surface area contributed by atoms with Crippen LogP contribution in [0.4, 0.5) is 0 Å². The van der Waals surface area contributed by atoms with Gasteiger partial charge in [-0.05, 0) is 63.2 Å². The number of aryl methyl sites for hydroxylation is 1. The molecule has 1 saturated carbocycles. The Morgan fingerprint density at radius 3 is 2.32 bits per heavy atom. The molecule has 0 radical (unpaired) electrons. The van der Waals surface area contributed by atoms with Crippen LogP contribution >= 0.6 is 0 Å². The Labute approximate surface area is 217 Å². The molecule has 37 heavy (non-hydrogen) atoms. The summed E-state index contributed by atoms with van der Waals surface area (Å²) in [5, 5.41) is 8.65. The first-order chi connectivity index (χ1) is 17.4. The minimum absolute atomic E-state index is 0.00236. The first-order valence-electron chi connectivity index (χ1n) is 12.6. The molecule has 4 aromatic rings. The van der Waals surface area contributed by atoms with Crippen LogP contribution in [0.2, 0.25) is 0 Å². The van der Waals surface area contributed by atoms with Gasteiger partial charge in [0.2, 0.25) is 0 Å². The zero-order chi connectivity index (χ0) is 26.2.